The molecule has 1 aromatic carbocycles. The molecule has 0 radical (unpaired) electrons. The molecule has 0 spiro atoms. The number of hydrogen-bond donors (Lipinski definition) is 0. The van der Waals surface area contributed by atoms with Crippen LogP contribution in [0.3, 0.4) is 0 Å². The van der Waals surface area contributed by atoms with Crippen LogP contribution in [0.1, 0.15) is 31.9 Å². The summed E-state index contributed by atoms with van der Waals surface area (Å²) in [6.07, 6.45) is 1.87. The van der Waals surface area contributed by atoms with E-state index in [1.807, 2.05) is 6.08 Å². The van der Waals surface area contributed by atoms with Crippen molar-refractivity contribution in [2.75, 3.05) is 0 Å². The van der Waals surface area contributed by atoms with Gasteiger partial charge in [-0.3, -0.25) is 0 Å². The minimum Gasteiger partial charge on any atom is -0.413 e. The van der Waals surface area contributed by atoms with Crippen molar-refractivity contribution in [3.63, 3.8) is 0 Å². The van der Waals surface area contributed by atoms with Gasteiger partial charge in [0, 0.05) is 0 Å². The quantitative estimate of drug-likeness (QED) is 0.627. The van der Waals surface area contributed by atoms with E-state index in [1.54, 1.807) is 0 Å². The average Bonchev–Trinajstić information content (AvgIpc) is 2.41. The third-order valence-corrected chi connectivity index (χ3v) is 8.32. The Balaban J connectivity index is 2.62. The van der Waals surface area contributed by atoms with Gasteiger partial charge in [-0.25, -0.2) is 0 Å². The summed E-state index contributed by atoms with van der Waals surface area (Å²) >= 11 is 0. The SMILES string of the molecule is C=Cc1ccc(CO[Si](CC)(CC)CC)cc1. The normalized spacial score (nSPS) is 11.5. The van der Waals surface area contributed by atoms with Crippen LogP contribution in [-0.2, 0) is 11.0 Å². The second-order valence-corrected chi connectivity index (χ2v) is 9.25. The summed E-state index contributed by atoms with van der Waals surface area (Å²) in [7, 11) is -1.44. The number of hydrogen-bond acceptors (Lipinski definition) is 1. The standard InChI is InChI=1S/C15H24OSi/c1-5-14-9-11-15(12-10-14)13-16-17(6-2,7-3)8-4/h5,9-12H,1,6-8,13H2,2-4H3. The third-order valence-electron chi connectivity index (χ3n) is 3.69. The van der Waals surface area contributed by atoms with E-state index in [0.717, 1.165) is 6.61 Å². The molecular formula is C15H24OSi. The molecule has 0 aliphatic carbocycles. The Morgan fingerprint density at radius 2 is 1.59 bits per heavy atom. The smallest absolute Gasteiger partial charge is 0.192 e. The van der Waals surface area contributed by atoms with Crippen molar-refractivity contribution >= 4 is 14.4 Å². The monoisotopic (exact) mass is 248 g/mol. The zero-order valence-corrected chi connectivity index (χ0v) is 12.3. The summed E-state index contributed by atoms with van der Waals surface area (Å²) in [5.41, 5.74) is 2.43. The van der Waals surface area contributed by atoms with Crippen molar-refractivity contribution in [1.82, 2.24) is 0 Å². The van der Waals surface area contributed by atoms with Crippen molar-refractivity contribution in [3.8, 4) is 0 Å². The van der Waals surface area contributed by atoms with Crippen LogP contribution in [0.15, 0.2) is 30.8 Å². The van der Waals surface area contributed by atoms with Crippen LogP contribution in [0, 0.1) is 0 Å². The highest BCUT2D eigenvalue weighted by Gasteiger charge is 2.28. The van der Waals surface area contributed by atoms with Gasteiger partial charge >= 0.3 is 0 Å². The van der Waals surface area contributed by atoms with E-state index in [4.69, 9.17) is 4.43 Å². The van der Waals surface area contributed by atoms with Gasteiger partial charge < -0.3 is 4.43 Å². The zero-order chi connectivity index (χ0) is 12.7. The Hall–Kier alpha value is -0.863. The predicted molar refractivity (Wildman–Crippen MR) is 78.5 cm³/mol. The van der Waals surface area contributed by atoms with Gasteiger partial charge in [0.1, 0.15) is 0 Å². The lowest BCUT2D eigenvalue weighted by atomic mass is 10.1. The van der Waals surface area contributed by atoms with E-state index in [-0.39, 0.29) is 0 Å². The summed E-state index contributed by atoms with van der Waals surface area (Å²) in [4.78, 5) is 0. The molecule has 0 saturated heterocycles. The molecule has 1 nitrogen and oxygen atoms in total. The maximum absolute atomic E-state index is 6.25. The lowest BCUT2D eigenvalue weighted by molar-refractivity contribution is 0.287. The van der Waals surface area contributed by atoms with E-state index in [9.17, 15) is 0 Å². The number of rotatable bonds is 7. The van der Waals surface area contributed by atoms with Crippen LogP contribution in [-0.4, -0.2) is 8.32 Å². The molecule has 1 rings (SSSR count). The predicted octanol–water partition coefficient (Wildman–Crippen LogP) is 4.85. The van der Waals surface area contributed by atoms with E-state index in [0.29, 0.717) is 0 Å². The Kier molecular flexibility index (Phi) is 5.66. The minimum absolute atomic E-state index is 0.763. The maximum atomic E-state index is 6.25. The first-order valence-corrected chi connectivity index (χ1v) is 9.08. The molecule has 0 unspecified atom stereocenters. The van der Waals surface area contributed by atoms with Gasteiger partial charge in [-0.1, -0.05) is 57.7 Å². The van der Waals surface area contributed by atoms with Crippen LogP contribution in [0.4, 0.5) is 0 Å². The first-order chi connectivity index (χ1) is 8.19. The Morgan fingerprint density at radius 3 is 2.00 bits per heavy atom. The summed E-state index contributed by atoms with van der Waals surface area (Å²) < 4.78 is 6.25. The maximum Gasteiger partial charge on any atom is 0.192 e. The molecule has 17 heavy (non-hydrogen) atoms. The molecular weight excluding hydrogens is 224 g/mol. The first-order valence-electron chi connectivity index (χ1n) is 6.55. The van der Waals surface area contributed by atoms with E-state index in [2.05, 4.69) is 51.6 Å². The molecule has 0 fully saturated rings. The lowest BCUT2D eigenvalue weighted by Gasteiger charge is -2.28. The van der Waals surface area contributed by atoms with E-state index < -0.39 is 8.32 Å². The zero-order valence-electron chi connectivity index (χ0n) is 11.3. The largest absolute Gasteiger partial charge is 0.413 e. The van der Waals surface area contributed by atoms with Crippen molar-refractivity contribution in [2.24, 2.45) is 0 Å². The number of benzene rings is 1. The minimum atomic E-state index is -1.44. The van der Waals surface area contributed by atoms with Crippen LogP contribution in [0.25, 0.3) is 6.08 Å². The average molecular weight is 248 g/mol. The fraction of sp³-hybridized carbons (Fsp3) is 0.467. The van der Waals surface area contributed by atoms with Crippen molar-refractivity contribution in [2.45, 2.75) is 45.5 Å². The Morgan fingerprint density at radius 1 is 1.06 bits per heavy atom. The van der Waals surface area contributed by atoms with Crippen molar-refractivity contribution in [3.05, 3.63) is 42.0 Å². The van der Waals surface area contributed by atoms with Gasteiger partial charge in [0.25, 0.3) is 0 Å². The van der Waals surface area contributed by atoms with Crippen LogP contribution >= 0.6 is 0 Å². The fourth-order valence-electron chi connectivity index (χ4n) is 2.04. The molecule has 2 heteroatoms. The molecule has 0 bridgehead atoms. The molecule has 0 heterocycles. The highest BCUT2D eigenvalue weighted by atomic mass is 28.4. The van der Waals surface area contributed by atoms with Crippen LogP contribution in [0.5, 0.6) is 0 Å². The first kappa shape index (κ1) is 14.2. The fourth-order valence-corrected chi connectivity index (χ4v) is 4.63. The molecule has 0 aliphatic rings. The molecule has 0 amide bonds. The van der Waals surface area contributed by atoms with E-state index >= 15 is 0 Å². The molecule has 0 saturated carbocycles. The molecule has 1 aromatic rings. The second-order valence-electron chi connectivity index (χ2n) is 4.48. The summed E-state index contributed by atoms with van der Waals surface area (Å²) in [5.74, 6) is 0. The van der Waals surface area contributed by atoms with Gasteiger partial charge in [-0.05, 0) is 29.3 Å². The molecule has 0 aromatic heterocycles. The third kappa shape index (κ3) is 3.82. The van der Waals surface area contributed by atoms with Gasteiger partial charge in [0.05, 0.1) is 6.61 Å². The molecule has 0 N–H and O–H groups in total. The van der Waals surface area contributed by atoms with E-state index in [1.165, 1.54) is 29.3 Å². The Labute approximate surface area is 107 Å². The second kappa shape index (κ2) is 6.77. The van der Waals surface area contributed by atoms with Crippen LogP contribution in [0.2, 0.25) is 18.1 Å². The highest BCUT2D eigenvalue weighted by molar-refractivity contribution is 6.73. The summed E-state index contributed by atoms with van der Waals surface area (Å²) in [5, 5.41) is 0. The molecule has 94 valence electrons. The summed E-state index contributed by atoms with van der Waals surface area (Å²) in [6, 6.07) is 12.1. The van der Waals surface area contributed by atoms with Crippen molar-refractivity contribution in [1.29, 1.82) is 0 Å². The molecule has 0 atom stereocenters. The highest BCUT2D eigenvalue weighted by Crippen LogP contribution is 2.23. The lowest BCUT2D eigenvalue weighted by Crippen LogP contribution is -2.35. The summed E-state index contributed by atoms with van der Waals surface area (Å²) in [6.45, 7) is 11.3. The van der Waals surface area contributed by atoms with Crippen molar-refractivity contribution < 1.29 is 4.43 Å². The van der Waals surface area contributed by atoms with Gasteiger partial charge in [0.2, 0.25) is 0 Å². The van der Waals surface area contributed by atoms with Gasteiger partial charge in [-0.2, -0.15) is 0 Å². The molecule has 0 aliphatic heterocycles. The van der Waals surface area contributed by atoms with Gasteiger partial charge in [-0.15, -0.1) is 0 Å². The van der Waals surface area contributed by atoms with Gasteiger partial charge in [0.15, 0.2) is 8.32 Å². The topological polar surface area (TPSA) is 9.23 Å². The van der Waals surface area contributed by atoms with Crippen LogP contribution < -0.4 is 0 Å². The Bertz CT molecular complexity index is 330.